The van der Waals surface area contributed by atoms with Gasteiger partial charge in [0.15, 0.2) is 0 Å². The maximum atomic E-state index is 13.4. The first-order valence-corrected chi connectivity index (χ1v) is 10.4. The van der Waals surface area contributed by atoms with E-state index in [0.717, 1.165) is 24.8 Å². The van der Waals surface area contributed by atoms with Crippen LogP contribution < -0.4 is 10.1 Å². The van der Waals surface area contributed by atoms with Gasteiger partial charge >= 0.3 is 0 Å². The molecular weight excluding hydrogens is 397 g/mol. The third-order valence-electron chi connectivity index (χ3n) is 5.44. The number of aliphatic hydroxyl groups excluding tert-OH is 1. The van der Waals surface area contributed by atoms with E-state index in [2.05, 4.69) is 15.3 Å². The molecule has 0 radical (unpaired) electrons. The van der Waals surface area contributed by atoms with Crippen LogP contribution in [0.4, 0.5) is 4.39 Å². The molecule has 160 valence electrons. The Morgan fingerprint density at radius 3 is 2.61 bits per heavy atom. The van der Waals surface area contributed by atoms with Crippen molar-refractivity contribution in [3.63, 3.8) is 0 Å². The summed E-state index contributed by atoms with van der Waals surface area (Å²) in [6.07, 6.45) is 7.66. The number of carbonyl (C=O) groups is 1. The molecule has 1 fully saturated rings. The Morgan fingerprint density at radius 1 is 1.13 bits per heavy atom. The fourth-order valence-corrected chi connectivity index (χ4v) is 3.69. The van der Waals surface area contributed by atoms with Crippen LogP contribution in [0, 0.1) is 5.82 Å². The van der Waals surface area contributed by atoms with Gasteiger partial charge in [0, 0.05) is 24.2 Å². The van der Waals surface area contributed by atoms with Crippen molar-refractivity contribution in [2.24, 2.45) is 0 Å². The number of nitrogens with one attached hydrogen (secondary N) is 1. The van der Waals surface area contributed by atoms with E-state index in [1.807, 2.05) is 12.1 Å². The van der Waals surface area contributed by atoms with Gasteiger partial charge in [-0.1, -0.05) is 25.0 Å². The Kier molecular flexibility index (Phi) is 6.52. The van der Waals surface area contributed by atoms with Crippen molar-refractivity contribution in [2.45, 2.75) is 44.4 Å². The van der Waals surface area contributed by atoms with Gasteiger partial charge < -0.3 is 15.2 Å². The lowest BCUT2D eigenvalue weighted by Gasteiger charge is -2.28. The zero-order valence-corrected chi connectivity index (χ0v) is 17.0. The van der Waals surface area contributed by atoms with Crippen LogP contribution in [0.15, 0.2) is 61.1 Å². The SMILES string of the molecule is O=C(NC1CCCCC1O)c1cnc(OCc2ccncc2)c(-c2ccc(F)cc2)c1. The van der Waals surface area contributed by atoms with Crippen LogP contribution in [0.2, 0.25) is 0 Å². The van der Waals surface area contributed by atoms with Gasteiger partial charge in [0.1, 0.15) is 12.4 Å². The average Bonchev–Trinajstić information content (AvgIpc) is 2.80. The largest absolute Gasteiger partial charge is 0.472 e. The van der Waals surface area contributed by atoms with Crippen molar-refractivity contribution in [1.29, 1.82) is 0 Å². The van der Waals surface area contributed by atoms with Gasteiger partial charge in [-0.15, -0.1) is 0 Å². The van der Waals surface area contributed by atoms with Gasteiger partial charge in [-0.05, 0) is 54.3 Å². The third kappa shape index (κ3) is 5.24. The fraction of sp³-hybridized carbons (Fsp3) is 0.292. The number of carbonyl (C=O) groups excluding carboxylic acids is 1. The molecule has 2 heterocycles. The Morgan fingerprint density at radius 2 is 1.87 bits per heavy atom. The molecule has 0 spiro atoms. The van der Waals surface area contributed by atoms with Crippen molar-refractivity contribution >= 4 is 5.91 Å². The lowest BCUT2D eigenvalue weighted by atomic mass is 9.92. The normalized spacial score (nSPS) is 18.4. The predicted octanol–water partition coefficient (Wildman–Crippen LogP) is 3.90. The number of benzene rings is 1. The number of hydrogen-bond donors (Lipinski definition) is 2. The number of aromatic nitrogens is 2. The van der Waals surface area contributed by atoms with Crippen LogP contribution in [0.3, 0.4) is 0 Å². The molecule has 0 bridgehead atoms. The minimum absolute atomic E-state index is 0.266. The van der Waals surface area contributed by atoms with E-state index < -0.39 is 6.10 Å². The first-order valence-electron chi connectivity index (χ1n) is 10.4. The van der Waals surface area contributed by atoms with Crippen LogP contribution in [0.25, 0.3) is 11.1 Å². The highest BCUT2D eigenvalue weighted by Gasteiger charge is 2.25. The van der Waals surface area contributed by atoms with E-state index >= 15 is 0 Å². The summed E-state index contributed by atoms with van der Waals surface area (Å²) in [5.74, 6) is -0.309. The molecule has 0 aliphatic heterocycles. The Labute approximate surface area is 180 Å². The molecule has 1 aliphatic rings. The highest BCUT2D eigenvalue weighted by atomic mass is 19.1. The molecule has 2 aromatic heterocycles. The molecule has 3 aromatic rings. The molecule has 2 atom stereocenters. The molecule has 0 saturated heterocycles. The van der Waals surface area contributed by atoms with Gasteiger partial charge in [0.2, 0.25) is 5.88 Å². The zero-order valence-electron chi connectivity index (χ0n) is 17.0. The van der Waals surface area contributed by atoms with Gasteiger partial charge in [-0.25, -0.2) is 9.37 Å². The summed E-state index contributed by atoms with van der Waals surface area (Å²) in [6.45, 7) is 0.281. The lowest BCUT2D eigenvalue weighted by Crippen LogP contribution is -2.45. The number of ether oxygens (including phenoxy) is 1. The van der Waals surface area contributed by atoms with E-state index in [1.54, 1.807) is 30.6 Å². The molecule has 1 amide bonds. The third-order valence-corrected chi connectivity index (χ3v) is 5.44. The Balaban J connectivity index is 1.59. The summed E-state index contributed by atoms with van der Waals surface area (Å²) >= 11 is 0. The van der Waals surface area contributed by atoms with Gasteiger partial charge in [0.05, 0.1) is 17.7 Å². The summed E-state index contributed by atoms with van der Waals surface area (Å²) in [5, 5.41) is 13.1. The van der Waals surface area contributed by atoms with Crippen molar-refractivity contribution < 1.29 is 19.0 Å². The summed E-state index contributed by atoms with van der Waals surface area (Å²) < 4.78 is 19.3. The molecule has 2 N–H and O–H groups in total. The molecule has 1 saturated carbocycles. The van der Waals surface area contributed by atoms with E-state index in [1.165, 1.54) is 18.3 Å². The van der Waals surface area contributed by atoms with Gasteiger partial charge in [-0.2, -0.15) is 0 Å². The van der Waals surface area contributed by atoms with Crippen LogP contribution in [-0.4, -0.2) is 33.1 Å². The highest BCUT2D eigenvalue weighted by Crippen LogP contribution is 2.30. The van der Waals surface area contributed by atoms with Crippen molar-refractivity contribution in [2.75, 3.05) is 0 Å². The number of rotatable bonds is 6. The number of amides is 1. The second-order valence-corrected chi connectivity index (χ2v) is 7.66. The maximum Gasteiger partial charge on any atom is 0.253 e. The van der Waals surface area contributed by atoms with E-state index in [0.29, 0.717) is 29.0 Å². The van der Waals surface area contributed by atoms with Crippen LogP contribution in [0.1, 0.15) is 41.6 Å². The number of nitrogens with zero attached hydrogens (tertiary/aromatic N) is 2. The van der Waals surface area contributed by atoms with Crippen molar-refractivity contribution in [1.82, 2.24) is 15.3 Å². The van der Waals surface area contributed by atoms with Crippen LogP contribution >= 0.6 is 0 Å². The van der Waals surface area contributed by atoms with E-state index in [-0.39, 0.29) is 24.4 Å². The number of hydrogen-bond acceptors (Lipinski definition) is 5. The minimum Gasteiger partial charge on any atom is -0.472 e. The average molecular weight is 421 g/mol. The van der Waals surface area contributed by atoms with Gasteiger partial charge in [-0.3, -0.25) is 9.78 Å². The molecule has 1 aliphatic carbocycles. The second-order valence-electron chi connectivity index (χ2n) is 7.66. The number of aliphatic hydroxyl groups is 1. The van der Waals surface area contributed by atoms with E-state index in [4.69, 9.17) is 4.74 Å². The summed E-state index contributed by atoms with van der Waals surface area (Å²) in [7, 11) is 0. The second kappa shape index (κ2) is 9.66. The number of halogens is 1. The zero-order chi connectivity index (χ0) is 21.6. The highest BCUT2D eigenvalue weighted by molar-refractivity contribution is 5.95. The molecule has 7 heteroatoms. The topological polar surface area (TPSA) is 84.3 Å². The van der Waals surface area contributed by atoms with Crippen LogP contribution in [0.5, 0.6) is 5.88 Å². The maximum absolute atomic E-state index is 13.4. The summed E-state index contributed by atoms with van der Waals surface area (Å²) in [6, 6.07) is 11.1. The minimum atomic E-state index is -0.537. The fourth-order valence-electron chi connectivity index (χ4n) is 3.69. The van der Waals surface area contributed by atoms with Gasteiger partial charge in [0.25, 0.3) is 5.91 Å². The first-order chi connectivity index (χ1) is 15.1. The summed E-state index contributed by atoms with van der Waals surface area (Å²) in [5.41, 5.74) is 2.56. The molecular formula is C24H24FN3O3. The molecule has 2 unspecified atom stereocenters. The molecule has 1 aromatic carbocycles. The van der Waals surface area contributed by atoms with E-state index in [9.17, 15) is 14.3 Å². The molecule has 4 rings (SSSR count). The van der Waals surface area contributed by atoms with Crippen molar-refractivity contribution in [3.8, 4) is 17.0 Å². The molecule has 31 heavy (non-hydrogen) atoms. The number of pyridine rings is 2. The summed E-state index contributed by atoms with van der Waals surface area (Å²) in [4.78, 5) is 21.2. The van der Waals surface area contributed by atoms with Crippen LogP contribution in [-0.2, 0) is 6.61 Å². The monoisotopic (exact) mass is 421 g/mol. The lowest BCUT2D eigenvalue weighted by molar-refractivity contribution is 0.0717. The Hall–Kier alpha value is -3.32. The standard InChI is InChI=1S/C24H24FN3O3/c25-19-7-5-17(6-8-19)20-13-18(23(30)28-21-3-1-2-4-22(21)29)14-27-24(20)31-15-16-9-11-26-12-10-16/h5-14,21-22,29H,1-4,15H2,(H,28,30). The first kappa shape index (κ1) is 20.9. The predicted molar refractivity (Wildman–Crippen MR) is 114 cm³/mol. The molecule has 6 nitrogen and oxygen atoms in total. The smallest absolute Gasteiger partial charge is 0.253 e. The quantitative estimate of drug-likeness (QED) is 0.631. The van der Waals surface area contributed by atoms with Crippen molar-refractivity contribution in [3.05, 3.63) is 78.0 Å². The Bertz CT molecular complexity index is 1030.